The lowest BCUT2D eigenvalue weighted by Gasteiger charge is -2.16. The second kappa shape index (κ2) is 7.31. The maximum Gasteiger partial charge on any atom is 0.270 e. The predicted octanol–water partition coefficient (Wildman–Crippen LogP) is 2.81. The molecule has 2 amide bonds. The standard InChI is InChI=1S/C20H21N3O3/c1-21-19(24)14-6-4-13(5-7-14)12-23(2)20(25)18-10-15-8-9-16(26-3)11-17(15)22-18/h4-11,22H,12H2,1-3H3,(H,21,24). The average molecular weight is 351 g/mol. The van der Waals surface area contributed by atoms with Crippen LogP contribution in [-0.4, -0.2) is 42.9 Å². The van der Waals surface area contributed by atoms with Crippen molar-refractivity contribution in [3.63, 3.8) is 0 Å². The van der Waals surface area contributed by atoms with E-state index in [1.54, 1.807) is 38.2 Å². The molecule has 0 bridgehead atoms. The van der Waals surface area contributed by atoms with Gasteiger partial charge in [-0.2, -0.15) is 0 Å². The number of amides is 2. The highest BCUT2D eigenvalue weighted by molar-refractivity contribution is 5.98. The van der Waals surface area contributed by atoms with Crippen LogP contribution in [0.15, 0.2) is 48.5 Å². The fraction of sp³-hybridized carbons (Fsp3) is 0.200. The van der Waals surface area contributed by atoms with Crippen molar-refractivity contribution in [2.24, 2.45) is 0 Å². The average Bonchev–Trinajstić information content (AvgIpc) is 3.10. The Kier molecular flexibility index (Phi) is 4.93. The number of aromatic nitrogens is 1. The summed E-state index contributed by atoms with van der Waals surface area (Å²) in [5, 5.41) is 3.54. The molecule has 0 saturated carbocycles. The molecule has 1 heterocycles. The van der Waals surface area contributed by atoms with Crippen molar-refractivity contribution in [2.75, 3.05) is 21.2 Å². The van der Waals surface area contributed by atoms with Gasteiger partial charge in [0.25, 0.3) is 11.8 Å². The van der Waals surface area contributed by atoms with Gasteiger partial charge in [-0.15, -0.1) is 0 Å². The van der Waals surface area contributed by atoms with Gasteiger partial charge < -0.3 is 19.9 Å². The Hall–Kier alpha value is -3.28. The lowest BCUT2D eigenvalue weighted by molar-refractivity contribution is 0.0780. The normalized spacial score (nSPS) is 10.6. The van der Waals surface area contributed by atoms with Crippen LogP contribution in [0.3, 0.4) is 0 Å². The highest BCUT2D eigenvalue weighted by Gasteiger charge is 2.15. The van der Waals surface area contributed by atoms with Crippen LogP contribution in [-0.2, 0) is 6.54 Å². The van der Waals surface area contributed by atoms with Gasteiger partial charge in [-0.3, -0.25) is 9.59 Å². The molecule has 0 aliphatic carbocycles. The summed E-state index contributed by atoms with van der Waals surface area (Å²) in [4.78, 5) is 29.1. The maximum absolute atomic E-state index is 12.7. The SMILES string of the molecule is CNC(=O)c1ccc(CN(C)C(=O)c2cc3ccc(OC)cc3[nH]2)cc1. The number of nitrogens with one attached hydrogen (secondary N) is 2. The molecule has 2 N–H and O–H groups in total. The van der Waals surface area contributed by atoms with E-state index in [-0.39, 0.29) is 11.8 Å². The predicted molar refractivity (Wildman–Crippen MR) is 100 cm³/mol. The van der Waals surface area contributed by atoms with Crippen molar-refractivity contribution >= 4 is 22.7 Å². The van der Waals surface area contributed by atoms with E-state index >= 15 is 0 Å². The molecule has 0 aliphatic rings. The van der Waals surface area contributed by atoms with Gasteiger partial charge in [-0.25, -0.2) is 0 Å². The highest BCUT2D eigenvalue weighted by atomic mass is 16.5. The van der Waals surface area contributed by atoms with Crippen LogP contribution in [0.4, 0.5) is 0 Å². The van der Waals surface area contributed by atoms with Gasteiger partial charge in [0.2, 0.25) is 0 Å². The zero-order valence-electron chi connectivity index (χ0n) is 15.0. The number of H-pyrrole nitrogens is 1. The smallest absolute Gasteiger partial charge is 0.270 e. The summed E-state index contributed by atoms with van der Waals surface area (Å²) in [5.41, 5.74) is 2.93. The molecule has 2 aromatic carbocycles. The molecule has 6 heteroatoms. The maximum atomic E-state index is 12.7. The molecule has 1 aromatic heterocycles. The molecule has 6 nitrogen and oxygen atoms in total. The number of hydrogen-bond donors (Lipinski definition) is 2. The minimum atomic E-state index is -0.130. The van der Waals surface area contributed by atoms with E-state index in [0.29, 0.717) is 17.8 Å². The van der Waals surface area contributed by atoms with Gasteiger partial charge in [0.1, 0.15) is 11.4 Å². The molecule has 0 aliphatic heterocycles. The van der Waals surface area contributed by atoms with Crippen molar-refractivity contribution in [3.05, 3.63) is 65.4 Å². The Labute approximate surface area is 151 Å². The zero-order valence-corrected chi connectivity index (χ0v) is 15.0. The number of rotatable bonds is 5. The first-order chi connectivity index (χ1) is 12.5. The Morgan fingerprint density at radius 2 is 1.85 bits per heavy atom. The molecule has 0 spiro atoms. The van der Waals surface area contributed by atoms with Crippen molar-refractivity contribution in [2.45, 2.75) is 6.54 Å². The fourth-order valence-electron chi connectivity index (χ4n) is 2.81. The van der Waals surface area contributed by atoms with Crippen LogP contribution in [0.5, 0.6) is 5.75 Å². The second-order valence-corrected chi connectivity index (χ2v) is 6.07. The number of fused-ring (bicyclic) bond motifs is 1. The Morgan fingerprint density at radius 1 is 1.12 bits per heavy atom. The third-order valence-corrected chi connectivity index (χ3v) is 4.27. The largest absolute Gasteiger partial charge is 0.497 e. The van der Waals surface area contributed by atoms with Crippen molar-refractivity contribution < 1.29 is 14.3 Å². The van der Waals surface area contributed by atoms with Gasteiger partial charge in [0.15, 0.2) is 0 Å². The number of hydrogen-bond acceptors (Lipinski definition) is 3. The van der Waals surface area contributed by atoms with E-state index in [9.17, 15) is 9.59 Å². The van der Waals surface area contributed by atoms with Gasteiger partial charge in [0, 0.05) is 43.2 Å². The lowest BCUT2D eigenvalue weighted by atomic mass is 10.1. The molecule has 0 radical (unpaired) electrons. The monoisotopic (exact) mass is 351 g/mol. The first-order valence-corrected chi connectivity index (χ1v) is 8.25. The third-order valence-electron chi connectivity index (χ3n) is 4.27. The van der Waals surface area contributed by atoms with Crippen LogP contribution >= 0.6 is 0 Å². The summed E-state index contributed by atoms with van der Waals surface area (Å²) in [5.74, 6) is 0.507. The quantitative estimate of drug-likeness (QED) is 0.742. The topological polar surface area (TPSA) is 74.4 Å². The number of benzene rings is 2. The van der Waals surface area contributed by atoms with Crippen LogP contribution < -0.4 is 10.1 Å². The summed E-state index contributed by atoms with van der Waals surface area (Å²) in [7, 11) is 4.96. The molecule has 0 atom stereocenters. The van der Waals surface area contributed by atoms with E-state index in [1.165, 1.54) is 0 Å². The minimum Gasteiger partial charge on any atom is -0.497 e. The molecular formula is C20H21N3O3. The van der Waals surface area contributed by atoms with Crippen LogP contribution in [0.25, 0.3) is 10.9 Å². The van der Waals surface area contributed by atoms with E-state index in [1.807, 2.05) is 36.4 Å². The van der Waals surface area contributed by atoms with Crippen LogP contribution in [0, 0.1) is 0 Å². The second-order valence-electron chi connectivity index (χ2n) is 6.07. The number of carbonyl (C=O) groups excluding carboxylic acids is 2. The molecule has 134 valence electrons. The fourth-order valence-corrected chi connectivity index (χ4v) is 2.81. The van der Waals surface area contributed by atoms with Gasteiger partial charge in [0.05, 0.1) is 7.11 Å². The number of carbonyl (C=O) groups is 2. The van der Waals surface area contributed by atoms with Gasteiger partial charge >= 0.3 is 0 Å². The van der Waals surface area contributed by atoms with Crippen LogP contribution in [0.2, 0.25) is 0 Å². The van der Waals surface area contributed by atoms with E-state index in [0.717, 1.165) is 22.2 Å². The summed E-state index contributed by atoms with van der Waals surface area (Å²) in [6.45, 7) is 0.450. The Bertz CT molecular complexity index is 945. The van der Waals surface area contributed by atoms with E-state index in [2.05, 4.69) is 10.3 Å². The summed E-state index contributed by atoms with van der Waals surface area (Å²) in [6, 6.07) is 14.7. The molecule has 26 heavy (non-hydrogen) atoms. The molecule has 0 saturated heterocycles. The van der Waals surface area contributed by atoms with Crippen molar-refractivity contribution in [3.8, 4) is 5.75 Å². The van der Waals surface area contributed by atoms with Crippen molar-refractivity contribution in [1.82, 2.24) is 15.2 Å². The molecule has 3 rings (SSSR count). The van der Waals surface area contributed by atoms with E-state index in [4.69, 9.17) is 4.74 Å². The molecule has 0 unspecified atom stereocenters. The molecule has 0 fully saturated rings. The highest BCUT2D eigenvalue weighted by Crippen LogP contribution is 2.22. The number of ether oxygens (including phenoxy) is 1. The number of methoxy groups -OCH3 is 1. The number of aromatic amines is 1. The summed E-state index contributed by atoms with van der Waals surface area (Å²) >= 11 is 0. The van der Waals surface area contributed by atoms with E-state index < -0.39 is 0 Å². The van der Waals surface area contributed by atoms with Gasteiger partial charge in [-0.05, 0) is 35.9 Å². The minimum absolute atomic E-state index is 0.101. The first-order valence-electron chi connectivity index (χ1n) is 8.25. The summed E-state index contributed by atoms with van der Waals surface area (Å²) in [6.07, 6.45) is 0. The lowest BCUT2D eigenvalue weighted by Crippen LogP contribution is -2.26. The van der Waals surface area contributed by atoms with Gasteiger partial charge in [-0.1, -0.05) is 12.1 Å². The third kappa shape index (κ3) is 3.54. The Balaban J connectivity index is 1.74. The summed E-state index contributed by atoms with van der Waals surface area (Å²) < 4.78 is 5.21. The molecular weight excluding hydrogens is 330 g/mol. The Morgan fingerprint density at radius 3 is 2.50 bits per heavy atom. The van der Waals surface area contributed by atoms with Crippen molar-refractivity contribution in [1.29, 1.82) is 0 Å². The van der Waals surface area contributed by atoms with Crippen LogP contribution in [0.1, 0.15) is 26.4 Å². The number of nitrogens with zero attached hydrogens (tertiary/aromatic N) is 1. The first kappa shape index (κ1) is 17.5. The molecule has 3 aromatic rings. The zero-order chi connectivity index (χ0) is 18.7.